The SMILES string of the molecule is CCc1nc2nn(C)cc2cc1-c1nc(-c2cccc3nn(-c4cn(C)nc4OC(C)C)cc23)c(C2CC2)n1C. The van der Waals surface area contributed by atoms with Crippen LogP contribution in [0.3, 0.4) is 0 Å². The molecule has 1 aromatic carbocycles. The average molecular weight is 536 g/mol. The van der Waals surface area contributed by atoms with E-state index in [0.717, 1.165) is 62.4 Å². The van der Waals surface area contributed by atoms with Gasteiger partial charge in [0.05, 0.1) is 29.2 Å². The van der Waals surface area contributed by atoms with Crippen molar-refractivity contribution in [3.63, 3.8) is 0 Å². The van der Waals surface area contributed by atoms with Gasteiger partial charge < -0.3 is 9.30 Å². The van der Waals surface area contributed by atoms with Gasteiger partial charge in [-0.15, -0.1) is 5.10 Å². The smallest absolute Gasteiger partial charge is 0.259 e. The molecule has 40 heavy (non-hydrogen) atoms. The first-order valence-corrected chi connectivity index (χ1v) is 13.9. The van der Waals surface area contributed by atoms with Gasteiger partial charge in [-0.1, -0.05) is 19.1 Å². The molecule has 0 spiro atoms. The lowest BCUT2D eigenvalue weighted by Crippen LogP contribution is -2.08. The Balaban J connectivity index is 1.41. The van der Waals surface area contributed by atoms with E-state index < -0.39 is 0 Å². The zero-order chi connectivity index (χ0) is 27.7. The standard InChI is InChI=1S/C30H33N9O/c1-7-23-21(13-19-14-36(4)34-28(19)31-23)29-32-26(27(38(29)6)18-11-12-18)20-9-8-10-24-22(20)15-39(33-24)25-16-37(5)35-30(25)40-17(2)3/h8-10,13-18H,7,11-12H2,1-6H3. The molecular weight excluding hydrogens is 502 g/mol. The fourth-order valence-electron chi connectivity index (χ4n) is 5.64. The molecule has 0 bridgehead atoms. The van der Waals surface area contributed by atoms with Crippen LogP contribution < -0.4 is 4.74 Å². The lowest BCUT2D eigenvalue weighted by atomic mass is 10.0. The molecule has 6 aromatic rings. The molecule has 5 aromatic heterocycles. The molecule has 10 heteroatoms. The van der Waals surface area contributed by atoms with Crippen molar-refractivity contribution in [1.82, 2.24) is 43.9 Å². The minimum atomic E-state index is 0.00983. The van der Waals surface area contributed by atoms with Crippen molar-refractivity contribution in [3.05, 3.63) is 54.2 Å². The van der Waals surface area contributed by atoms with Gasteiger partial charge in [-0.05, 0) is 45.2 Å². The summed E-state index contributed by atoms with van der Waals surface area (Å²) >= 11 is 0. The lowest BCUT2D eigenvalue weighted by molar-refractivity contribution is 0.230. The highest BCUT2D eigenvalue weighted by Crippen LogP contribution is 2.47. The van der Waals surface area contributed by atoms with Gasteiger partial charge in [0.25, 0.3) is 5.88 Å². The maximum Gasteiger partial charge on any atom is 0.259 e. The molecule has 1 saturated carbocycles. The largest absolute Gasteiger partial charge is 0.472 e. The van der Waals surface area contributed by atoms with Crippen LogP contribution in [-0.2, 0) is 27.6 Å². The summed E-state index contributed by atoms with van der Waals surface area (Å²) in [6.45, 7) is 6.14. The highest BCUT2D eigenvalue weighted by atomic mass is 16.5. The Morgan fingerprint density at radius 1 is 0.950 bits per heavy atom. The molecule has 1 fully saturated rings. The van der Waals surface area contributed by atoms with Crippen LogP contribution >= 0.6 is 0 Å². The van der Waals surface area contributed by atoms with Crippen molar-refractivity contribution in [1.29, 1.82) is 0 Å². The average Bonchev–Trinajstić information content (AvgIpc) is 3.22. The number of ether oxygens (including phenoxy) is 1. The molecule has 204 valence electrons. The molecule has 0 aliphatic heterocycles. The summed E-state index contributed by atoms with van der Waals surface area (Å²) < 4.78 is 13.7. The second kappa shape index (κ2) is 9.04. The van der Waals surface area contributed by atoms with Gasteiger partial charge in [0, 0.05) is 67.0 Å². The number of benzene rings is 1. The Labute approximate surface area is 232 Å². The molecule has 0 amide bonds. The van der Waals surface area contributed by atoms with Crippen LogP contribution in [0.1, 0.15) is 50.9 Å². The molecule has 0 saturated heterocycles. The summed E-state index contributed by atoms with van der Waals surface area (Å²) in [5.41, 5.74) is 7.92. The summed E-state index contributed by atoms with van der Waals surface area (Å²) in [4.78, 5) is 10.2. The maximum atomic E-state index is 5.99. The third-order valence-corrected chi connectivity index (χ3v) is 7.54. The third-order valence-electron chi connectivity index (χ3n) is 7.54. The molecule has 0 radical (unpaired) electrons. The van der Waals surface area contributed by atoms with Crippen molar-refractivity contribution in [2.45, 2.75) is 52.1 Å². The topological polar surface area (TPSA) is 93.4 Å². The van der Waals surface area contributed by atoms with Crippen LogP contribution in [0.2, 0.25) is 0 Å². The number of fused-ring (bicyclic) bond motifs is 2. The molecular formula is C30H33N9O. The number of aromatic nitrogens is 9. The number of hydrogen-bond acceptors (Lipinski definition) is 6. The van der Waals surface area contributed by atoms with Crippen molar-refractivity contribution in [2.24, 2.45) is 21.1 Å². The van der Waals surface area contributed by atoms with Gasteiger partial charge in [-0.2, -0.15) is 10.2 Å². The molecule has 5 heterocycles. The Bertz CT molecular complexity index is 1900. The van der Waals surface area contributed by atoms with E-state index in [2.05, 4.69) is 53.1 Å². The minimum Gasteiger partial charge on any atom is -0.472 e. The van der Waals surface area contributed by atoms with E-state index in [1.165, 1.54) is 18.5 Å². The van der Waals surface area contributed by atoms with Crippen molar-refractivity contribution in [3.8, 4) is 34.2 Å². The molecule has 1 aliphatic carbocycles. The molecule has 0 N–H and O–H groups in total. The fourth-order valence-corrected chi connectivity index (χ4v) is 5.64. The fraction of sp³-hybridized carbons (Fsp3) is 0.367. The van der Waals surface area contributed by atoms with Crippen LogP contribution in [0.4, 0.5) is 0 Å². The summed E-state index contributed by atoms with van der Waals surface area (Å²) in [5.74, 6) is 2.00. The lowest BCUT2D eigenvalue weighted by Gasteiger charge is -2.09. The van der Waals surface area contributed by atoms with Gasteiger partial charge in [0.2, 0.25) is 0 Å². The van der Waals surface area contributed by atoms with Gasteiger partial charge in [-0.3, -0.25) is 9.36 Å². The van der Waals surface area contributed by atoms with E-state index in [9.17, 15) is 0 Å². The van der Waals surface area contributed by atoms with Crippen LogP contribution in [0.25, 0.3) is 50.3 Å². The number of hydrogen-bond donors (Lipinski definition) is 0. The second-order valence-corrected chi connectivity index (χ2v) is 11.0. The molecule has 1 aliphatic rings. The van der Waals surface area contributed by atoms with E-state index in [1.807, 2.05) is 55.8 Å². The Morgan fingerprint density at radius 3 is 2.50 bits per heavy atom. The van der Waals surface area contributed by atoms with Crippen molar-refractivity contribution >= 4 is 21.9 Å². The highest BCUT2D eigenvalue weighted by Gasteiger charge is 2.33. The van der Waals surface area contributed by atoms with Crippen LogP contribution in [-0.4, -0.2) is 50.0 Å². The predicted octanol–water partition coefficient (Wildman–Crippen LogP) is 5.34. The van der Waals surface area contributed by atoms with Crippen LogP contribution in [0, 0.1) is 0 Å². The first-order valence-electron chi connectivity index (χ1n) is 13.9. The van der Waals surface area contributed by atoms with E-state index in [0.29, 0.717) is 11.8 Å². The summed E-state index contributed by atoms with van der Waals surface area (Å²) in [5, 5.41) is 16.0. The van der Waals surface area contributed by atoms with E-state index >= 15 is 0 Å². The molecule has 10 nitrogen and oxygen atoms in total. The molecule has 0 atom stereocenters. The van der Waals surface area contributed by atoms with Gasteiger partial charge in [-0.25, -0.2) is 14.6 Å². The summed E-state index contributed by atoms with van der Waals surface area (Å²) in [6, 6.07) is 8.46. The Morgan fingerprint density at radius 2 is 1.75 bits per heavy atom. The first kappa shape index (κ1) is 24.6. The third kappa shape index (κ3) is 3.97. The number of imidazole rings is 1. The van der Waals surface area contributed by atoms with Gasteiger partial charge >= 0.3 is 0 Å². The number of nitrogens with zero attached hydrogens (tertiary/aromatic N) is 9. The summed E-state index contributed by atoms with van der Waals surface area (Å²) in [6.07, 6.45) is 9.18. The van der Waals surface area contributed by atoms with E-state index in [1.54, 1.807) is 4.68 Å². The van der Waals surface area contributed by atoms with Crippen molar-refractivity contribution in [2.75, 3.05) is 0 Å². The highest BCUT2D eigenvalue weighted by molar-refractivity contribution is 5.95. The van der Waals surface area contributed by atoms with Crippen LogP contribution in [0.15, 0.2) is 42.9 Å². The zero-order valence-corrected chi connectivity index (χ0v) is 23.8. The van der Waals surface area contributed by atoms with E-state index in [-0.39, 0.29) is 6.10 Å². The first-order chi connectivity index (χ1) is 19.3. The molecule has 0 unspecified atom stereocenters. The quantitative estimate of drug-likeness (QED) is 0.274. The minimum absolute atomic E-state index is 0.00983. The monoisotopic (exact) mass is 535 g/mol. The van der Waals surface area contributed by atoms with Gasteiger partial charge in [0.15, 0.2) is 5.65 Å². The summed E-state index contributed by atoms with van der Waals surface area (Å²) in [7, 11) is 5.97. The second-order valence-electron chi connectivity index (χ2n) is 11.0. The number of pyridine rings is 1. The number of rotatable bonds is 7. The van der Waals surface area contributed by atoms with Gasteiger partial charge in [0.1, 0.15) is 11.5 Å². The molecule has 7 rings (SSSR count). The van der Waals surface area contributed by atoms with E-state index in [4.69, 9.17) is 19.8 Å². The predicted molar refractivity (Wildman–Crippen MR) is 155 cm³/mol. The number of aryl methyl sites for hydroxylation is 3. The van der Waals surface area contributed by atoms with Crippen LogP contribution in [0.5, 0.6) is 5.88 Å². The normalized spacial score (nSPS) is 13.8. The van der Waals surface area contributed by atoms with Crippen molar-refractivity contribution < 1.29 is 4.74 Å². The Kier molecular flexibility index (Phi) is 5.55. The maximum absolute atomic E-state index is 5.99. The zero-order valence-electron chi connectivity index (χ0n) is 23.8. The Hall–Kier alpha value is -4.47.